The number of carbonyl (C=O) groups is 3. The van der Waals surface area contributed by atoms with Gasteiger partial charge in [-0.05, 0) is 154 Å². The van der Waals surface area contributed by atoms with Crippen LogP contribution in [0.1, 0.15) is 457 Å². The molecule has 742 valence electrons. The first-order valence-electron chi connectivity index (χ1n) is 52.4. The van der Waals surface area contributed by atoms with E-state index in [4.69, 9.17) is 32.3 Å². The molecule has 0 aromatic carbocycles. The maximum atomic E-state index is 13.1. The summed E-state index contributed by atoms with van der Waals surface area (Å²) in [7, 11) is -9.82. The second-order valence-corrected chi connectivity index (χ2v) is 37.8. The summed E-state index contributed by atoms with van der Waals surface area (Å²) >= 11 is 0. The van der Waals surface area contributed by atoms with Gasteiger partial charge >= 0.3 is 33.6 Å². The summed E-state index contributed by atoms with van der Waals surface area (Å²) < 4.78 is 61.7. The molecule has 0 aliphatic heterocycles. The third-order valence-electron chi connectivity index (χ3n) is 22.4. The van der Waals surface area contributed by atoms with Crippen molar-refractivity contribution in [3.05, 3.63) is 170 Å². The van der Waals surface area contributed by atoms with E-state index >= 15 is 0 Å². The molecule has 0 fully saturated rings. The van der Waals surface area contributed by atoms with E-state index in [-0.39, 0.29) is 19.3 Å². The number of ether oxygens (including phenoxy) is 3. The number of aliphatic hydroxyl groups is 2. The lowest BCUT2D eigenvalue weighted by atomic mass is 10.0. The number of aliphatic hydroxyl groups excluding tert-OH is 2. The molecule has 0 aromatic rings. The minimum atomic E-state index is -4.95. The highest BCUT2D eigenvalue weighted by molar-refractivity contribution is 7.47. The van der Waals surface area contributed by atoms with Crippen molar-refractivity contribution in [2.45, 2.75) is 476 Å². The Balaban J connectivity index is 4.56. The van der Waals surface area contributed by atoms with Crippen molar-refractivity contribution in [2.24, 2.45) is 0 Å². The van der Waals surface area contributed by atoms with Crippen LogP contribution in [-0.4, -0.2) is 95.9 Å². The molecular weight excluding hydrogens is 1650 g/mol. The van der Waals surface area contributed by atoms with Gasteiger partial charge in [0.15, 0.2) is 6.10 Å². The number of phosphoric ester groups is 2. The number of allylic oxidation sites excluding steroid dienone is 28. The Bertz CT molecular complexity index is 3030. The van der Waals surface area contributed by atoms with Crippen molar-refractivity contribution in [3.8, 4) is 0 Å². The van der Waals surface area contributed by atoms with Crippen LogP contribution in [0, 0.1) is 0 Å². The molecule has 0 bridgehead atoms. The number of carbonyl (C=O) groups excluding carboxylic acids is 3. The Labute approximate surface area is 790 Å². The van der Waals surface area contributed by atoms with Gasteiger partial charge in [-0.15, -0.1) is 0 Å². The van der Waals surface area contributed by atoms with Crippen molar-refractivity contribution >= 4 is 33.6 Å². The number of phosphoric acid groups is 2. The Morgan fingerprint density at radius 2 is 0.411 bits per heavy atom. The van der Waals surface area contributed by atoms with E-state index in [2.05, 4.69) is 191 Å². The van der Waals surface area contributed by atoms with Gasteiger partial charge in [-0.3, -0.25) is 32.5 Å². The van der Waals surface area contributed by atoms with Crippen LogP contribution in [0.3, 0.4) is 0 Å². The summed E-state index contributed by atoms with van der Waals surface area (Å²) in [6.07, 6.45) is 134. The van der Waals surface area contributed by atoms with Gasteiger partial charge < -0.3 is 34.2 Å². The van der Waals surface area contributed by atoms with E-state index in [0.717, 1.165) is 154 Å². The summed E-state index contributed by atoms with van der Waals surface area (Å²) in [4.78, 5) is 59.2. The van der Waals surface area contributed by atoms with E-state index in [1.165, 1.54) is 244 Å². The van der Waals surface area contributed by atoms with E-state index in [9.17, 15) is 43.5 Å². The SMILES string of the molecule is CC/C=C\C/C=C\C/C=C\C/C=C\C/C=C\CCCCCCCCCCCCCCCCCCCC(=O)OCC(COP(=O)(O)OCC(O)COP(=O)(O)OCC(O)COC(=O)CCCCCCCCCCCCCCCCCCCCC/C=C\C/C=C\C/C=C\C/C=C\CCCCC)OC(=O)CCCCCCCCCCC/C=C\C/C=C\C/C=C\C/C=C\C/C=C\CC. The largest absolute Gasteiger partial charge is 0.472 e. The smallest absolute Gasteiger partial charge is 0.463 e. The van der Waals surface area contributed by atoms with Crippen LogP contribution >= 0.6 is 15.6 Å². The Hall–Kier alpha value is -5.09. The standard InChI is InChI=1S/C111H192O16P2/c1-4-7-10-13-16-19-22-25-28-31-34-37-40-43-45-47-49-51-52-54-56-57-59-62-64-67-70-73-76-79-82-85-88-91-94-97-109(114)121-100-106(112)101-123-128(117,118)124-102-107(113)103-125-129(119,120)126-105-108(127-111(116)99-96-93-90-87-84-81-78-75-72-69-66-61-42-39-36-33-30-27-24-21-18-15-12-9-6-3)104-122-110(115)98-95-92-89-86-83-80-77-74-71-68-65-63-60-58-55-53-50-48-46-44-41-38-35-32-29-26-23-20-17-14-11-8-5-2/h8-9,11-12,16-21,25-30,34-39,43-46,61,66,106-108,112-113H,4-7,10,13-15,22-24,31-33,40-42,47-60,62-65,67-105H2,1-3H3,(H,117,118)(H,119,120)/b11-8-,12-9-,19-16-,20-17-,21-18-,28-25-,29-26-,30-27-,37-34-,38-35-,39-36-,45-43-,46-44-,66-61-. The molecule has 0 saturated carbocycles. The van der Waals surface area contributed by atoms with Crippen LogP contribution in [-0.2, 0) is 55.8 Å². The van der Waals surface area contributed by atoms with Crippen molar-refractivity contribution in [2.75, 3.05) is 39.6 Å². The highest BCUT2D eigenvalue weighted by Gasteiger charge is 2.30. The molecule has 129 heavy (non-hydrogen) atoms. The first-order valence-corrected chi connectivity index (χ1v) is 55.4. The van der Waals surface area contributed by atoms with Crippen molar-refractivity contribution in [1.29, 1.82) is 0 Å². The predicted molar refractivity (Wildman–Crippen MR) is 546 cm³/mol. The van der Waals surface area contributed by atoms with E-state index in [1.54, 1.807) is 0 Å². The predicted octanol–water partition coefficient (Wildman–Crippen LogP) is 33.3. The van der Waals surface area contributed by atoms with Gasteiger partial charge in [-0.1, -0.05) is 454 Å². The van der Waals surface area contributed by atoms with Gasteiger partial charge in [0.05, 0.1) is 26.4 Å². The summed E-state index contributed by atoms with van der Waals surface area (Å²) in [6, 6.07) is 0. The molecule has 0 saturated heterocycles. The zero-order chi connectivity index (χ0) is 93.5. The number of rotatable bonds is 99. The molecule has 5 unspecified atom stereocenters. The normalized spacial score (nSPS) is 14.3. The Kier molecular flexibility index (Phi) is 97.8. The quantitative estimate of drug-likeness (QED) is 0.0146. The number of esters is 3. The van der Waals surface area contributed by atoms with Gasteiger partial charge in [0.25, 0.3) is 0 Å². The van der Waals surface area contributed by atoms with Crippen LogP contribution in [0.15, 0.2) is 170 Å². The van der Waals surface area contributed by atoms with Gasteiger partial charge in [0, 0.05) is 19.3 Å². The van der Waals surface area contributed by atoms with Gasteiger partial charge in [0.2, 0.25) is 0 Å². The molecule has 4 N–H and O–H groups in total. The molecule has 0 amide bonds. The van der Waals surface area contributed by atoms with Crippen molar-refractivity contribution < 1.29 is 75.8 Å². The molecule has 5 atom stereocenters. The average Bonchev–Trinajstić information content (AvgIpc) is 0.898. The summed E-state index contributed by atoms with van der Waals surface area (Å²) in [6.45, 7) is 2.50. The molecule has 0 aliphatic carbocycles. The first kappa shape index (κ1) is 124. The molecule has 18 heteroatoms. The second-order valence-electron chi connectivity index (χ2n) is 34.9. The third-order valence-corrected chi connectivity index (χ3v) is 24.3. The lowest BCUT2D eigenvalue weighted by Gasteiger charge is -2.21. The average molecular weight is 1840 g/mol. The monoisotopic (exact) mass is 1840 g/mol. The fourth-order valence-corrected chi connectivity index (χ4v) is 16.1. The molecule has 16 nitrogen and oxygen atoms in total. The molecule has 0 aromatic heterocycles. The van der Waals surface area contributed by atoms with Crippen LogP contribution < -0.4 is 0 Å². The molecule has 0 radical (unpaired) electrons. The molecule has 0 heterocycles. The molecule has 0 aliphatic rings. The van der Waals surface area contributed by atoms with Crippen LogP contribution in [0.5, 0.6) is 0 Å². The van der Waals surface area contributed by atoms with Crippen molar-refractivity contribution in [1.82, 2.24) is 0 Å². The molecule has 0 rings (SSSR count). The number of unbranched alkanes of at least 4 members (excludes halogenated alkanes) is 48. The first-order chi connectivity index (χ1) is 63.2. The van der Waals surface area contributed by atoms with Crippen LogP contribution in [0.25, 0.3) is 0 Å². The lowest BCUT2D eigenvalue weighted by molar-refractivity contribution is -0.161. The van der Waals surface area contributed by atoms with Gasteiger partial charge in [-0.25, -0.2) is 9.13 Å². The molecular formula is C111H192O16P2. The Morgan fingerprint density at radius 3 is 0.651 bits per heavy atom. The fourth-order valence-electron chi connectivity index (χ4n) is 14.6. The number of hydrogen-bond donors (Lipinski definition) is 4. The van der Waals surface area contributed by atoms with Crippen molar-refractivity contribution in [3.63, 3.8) is 0 Å². The van der Waals surface area contributed by atoms with Crippen LogP contribution in [0.4, 0.5) is 0 Å². The van der Waals surface area contributed by atoms with Gasteiger partial charge in [-0.2, -0.15) is 0 Å². The van der Waals surface area contributed by atoms with E-state index < -0.39 is 91.5 Å². The topological polar surface area (TPSA) is 231 Å². The Morgan fingerprint density at radius 1 is 0.225 bits per heavy atom. The maximum Gasteiger partial charge on any atom is 0.472 e. The van der Waals surface area contributed by atoms with E-state index in [1.807, 2.05) is 0 Å². The fraction of sp³-hybridized carbons (Fsp3) is 0.721. The van der Waals surface area contributed by atoms with Gasteiger partial charge in [0.1, 0.15) is 25.4 Å². The minimum absolute atomic E-state index is 0.0947. The third kappa shape index (κ3) is 103. The summed E-state index contributed by atoms with van der Waals surface area (Å²) in [5.41, 5.74) is 0. The summed E-state index contributed by atoms with van der Waals surface area (Å²) in [5.74, 6) is -1.56. The molecule has 0 spiro atoms. The van der Waals surface area contributed by atoms with Crippen LogP contribution in [0.2, 0.25) is 0 Å². The lowest BCUT2D eigenvalue weighted by Crippen LogP contribution is -2.30. The maximum absolute atomic E-state index is 13.1. The highest BCUT2D eigenvalue weighted by atomic mass is 31.2. The second kappa shape index (κ2) is 102. The van der Waals surface area contributed by atoms with E-state index in [0.29, 0.717) is 19.3 Å². The zero-order valence-corrected chi connectivity index (χ0v) is 84.1. The summed E-state index contributed by atoms with van der Waals surface area (Å²) in [5, 5.41) is 20.8. The minimum Gasteiger partial charge on any atom is -0.463 e. The highest BCUT2D eigenvalue weighted by Crippen LogP contribution is 2.45. The number of hydrogen-bond acceptors (Lipinski definition) is 14. The zero-order valence-electron chi connectivity index (χ0n) is 82.3.